The Bertz CT molecular complexity index is 204. The van der Waals surface area contributed by atoms with Crippen molar-refractivity contribution in [2.75, 3.05) is 6.61 Å². The van der Waals surface area contributed by atoms with Gasteiger partial charge in [0.1, 0.15) is 12.2 Å². The van der Waals surface area contributed by atoms with Crippen molar-refractivity contribution in [2.24, 2.45) is 0 Å². The first-order valence-corrected chi connectivity index (χ1v) is 3.30. The molecule has 0 aromatic heterocycles. The minimum Gasteiger partial charge on any atom is -0.504 e. The molecule has 0 amide bonds. The average Bonchev–Trinajstić information content (AvgIpc) is 2.08. The molecule has 0 bridgehead atoms. The molecular weight excluding hydrogens is 171 g/mol. The first-order valence-electron chi connectivity index (χ1n) is 3.30. The number of hydrogen-bond acceptors (Lipinski definition) is 5. The quantitative estimate of drug-likeness (QED) is 0.407. The summed E-state index contributed by atoms with van der Waals surface area (Å²) in [5.41, 5.74) is 0. The van der Waals surface area contributed by atoms with E-state index in [4.69, 9.17) is 20.4 Å². The summed E-state index contributed by atoms with van der Waals surface area (Å²) in [6.07, 6.45) is -4.50. The molecular formula is C6H9FO5. The number of aliphatic hydroxyl groups is 4. The largest absolute Gasteiger partial charge is 0.504 e. The van der Waals surface area contributed by atoms with E-state index in [1.165, 1.54) is 0 Å². The van der Waals surface area contributed by atoms with E-state index in [9.17, 15) is 4.39 Å². The topological polar surface area (TPSA) is 90.2 Å². The Balaban J connectivity index is 2.83. The highest BCUT2D eigenvalue weighted by atomic mass is 19.1. The van der Waals surface area contributed by atoms with Crippen molar-refractivity contribution in [1.29, 1.82) is 0 Å². The summed E-state index contributed by atoms with van der Waals surface area (Å²) in [5.74, 6) is -1.05. The second-order valence-corrected chi connectivity index (χ2v) is 2.43. The van der Waals surface area contributed by atoms with Crippen LogP contribution in [0.1, 0.15) is 0 Å². The van der Waals surface area contributed by atoms with Crippen molar-refractivity contribution in [3.05, 3.63) is 11.8 Å². The van der Waals surface area contributed by atoms with E-state index >= 15 is 0 Å². The van der Waals surface area contributed by atoms with Crippen molar-refractivity contribution < 1.29 is 29.6 Å². The zero-order valence-corrected chi connectivity index (χ0v) is 6.01. The fourth-order valence-electron chi connectivity index (χ4n) is 0.890. The third-order valence-corrected chi connectivity index (χ3v) is 1.62. The zero-order valence-electron chi connectivity index (χ0n) is 6.01. The van der Waals surface area contributed by atoms with Gasteiger partial charge in [-0.1, -0.05) is 0 Å². The predicted molar refractivity (Wildman–Crippen MR) is 34.7 cm³/mol. The van der Waals surface area contributed by atoms with Crippen LogP contribution in [0.15, 0.2) is 11.8 Å². The van der Waals surface area contributed by atoms with Crippen molar-refractivity contribution >= 4 is 0 Å². The van der Waals surface area contributed by atoms with E-state index in [1.54, 1.807) is 0 Å². The van der Waals surface area contributed by atoms with Gasteiger partial charge >= 0.3 is 6.01 Å². The van der Waals surface area contributed by atoms with Crippen LogP contribution in [0.2, 0.25) is 0 Å². The molecule has 70 valence electrons. The Kier molecular flexibility index (Phi) is 2.51. The molecule has 0 aromatic rings. The maximum absolute atomic E-state index is 12.5. The molecule has 1 aliphatic rings. The standard InChI is InChI=1S/C6H9FO5/c7-6-5(11)4(10)3(9)2(1-8)12-6/h2-4,8-11H,1H2/t2?,3-,4?/m1/s1. The smallest absolute Gasteiger partial charge is 0.314 e. The summed E-state index contributed by atoms with van der Waals surface area (Å²) in [7, 11) is 0. The summed E-state index contributed by atoms with van der Waals surface area (Å²) in [6.45, 7) is -0.640. The number of hydrogen-bond donors (Lipinski definition) is 4. The van der Waals surface area contributed by atoms with Crippen LogP contribution in [-0.2, 0) is 4.74 Å². The van der Waals surface area contributed by atoms with Crippen molar-refractivity contribution in [3.63, 3.8) is 0 Å². The number of ether oxygens (including phenoxy) is 1. The van der Waals surface area contributed by atoms with Gasteiger partial charge in [0.15, 0.2) is 11.9 Å². The lowest BCUT2D eigenvalue weighted by atomic mass is 10.1. The highest BCUT2D eigenvalue weighted by molar-refractivity contribution is 5.07. The minimum atomic E-state index is -1.74. The summed E-state index contributed by atoms with van der Waals surface area (Å²) in [6, 6.07) is -1.37. The lowest BCUT2D eigenvalue weighted by molar-refractivity contribution is -0.126. The number of aliphatic hydroxyl groups excluding tert-OH is 4. The van der Waals surface area contributed by atoms with Gasteiger partial charge < -0.3 is 25.2 Å². The van der Waals surface area contributed by atoms with Crippen LogP contribution in [0, 0.1) is 0 Å². The highest BCUT2D eigenvalue weighted by Gasteiger charge is 2.38. The van der Waals surface area contributed by atoms with Gasteiger partial charge in [-0.25, -0.2) is 0 Å². The lowest BCUT2D eigenvalue weighted by Gasteiger charge is -2.29. The van der Waals surface area contributed by atoms with Crippen LogP contribution in [0.4, 0.5) is 4.39 Å². The number of rotatable bonds is 1. The fourth-order valence-corrected chi connectivity index (χ4v) is 0.890. The van der Waals surface area contributed by atoms with Gasteiger partial charge in [0.05, 0.1) is 6.61 Å². The lowest BCUT2D eigenvalue weighted by Crippen LogP contribution is -2.45. The van der Waals surface area contributed by atoms with E-state index in [0.29, 0.717) is 0 Å². The predicted octanol–water partition coefficient (Wildman–Crippen LogP) is -1.20. The Labute approximate surface area is 67.3 Å². The summed E-state index contributed by atoms with van der Waals surface area (Å²) >= 11 is 0. The molecule has 0 radical (unpaired) electrons. The molecule has 4 N–H and O–H groups in total. The first kappa shape index (κ1) is 9.24. The second-order valence-electron chi connectivity index (χ2n) is 2.43. The van der Waals surface area contributed by atoms with Crippen LogP contribution in [0.5, 0.6) is 0 Å². The van der Waals surface area contributed by atoms with Gasteiger partial charge in [-0.15, -0.1) is 0 Å². The second kappa shape index (κ2) is 3.26. The molecule has 1 heterocycles. The average molecular weight is 180 g/mol. The zero-order chi connectivity index (χ0) is 9.30. The van der Waals surface area contributed by atoms with Gasteiger partial charge in [-0.05, 0) is 0 Å². The Morgan fingerprint density at radius 3 is 2.50 bits per heavy atom. The van der Waals surface area contributed by atoms with Crippen LogP contribution in [0.3, 0.4) is 0 Å². The Morgan fingerprint density at radius 2 is 2.00 bits per heavy atom. The maximum Gasteiger partial charge on any atom is 0.314 e. The van der Waals surface area contributed by atoms with Gasteiger partial charge in [-0.2, -0.15) is 4.39 Å². The van der Waals surface area contributed by atoms with Crippen LogP contribution in [-0.4, -0.2) is 45.3 Å². The Hall–Kier alpha value is -0.850. The van der Waals surface area contributed by atoms with Crippen molar-refractivity contribution in [1.82, 2.24) is 0 Å². The molecule has 12 heavy (non-hydrogen) atoms. The summed E-state index contributed by atoms with van der Waals surface area (Å²) < 4.78 is 16.7. The van der Waals surface area contributed by atoms with E-state index < -0.39 is 36.7 Å². The molecule has 1 aliphatic heterocycles. The van der Waals surface area contributed by atoms with Crippen LogP contribution in [0.25, 0.3) is 0 Å². The molecule has 0 aliphatic carbocycles. The highest BCUT2D eigenvalue weighted by Crippen LogP contribution is 2.23. The van der Waals surface area contributed by atoms with Crippen LogP contribution < -0.4 is 0 Å². The molecule has 0 saturated heterocycles. The summed E-state index contributed by atoms with van der Waals surface area (Å²) in [4.78, 5) is 0. The molecule has 2 unspecified atom stereocenters. The third kappa shape index (κ3) is 1.36. The van der Waals surface area contributed by atoms with Gasteiger partial charge in [-0.3, -0.25) is 0 Å². The minimum absolute atomic E-state index is 0.640. The molecule has 5 nitrogen and oxygen atoms in total. The molecule has 0 saturated carbocycles. The SMILES string of the molecule is OCC1OC(F)=C(O)C(O)[C@@H]1O. The molecule has 0 aromatic carbocycles. The van der Waals surface area contributed by atoms with E-state index in [1.807, 2.05) is 0 Å². The van der Waals surface area contributed by atoms with E-state index in [2.05, 4.69) is 4.74 Å². The van der Waals surface area contributed by atoms with Gasteiger partial charge in [0, 0.05) is 0 Å². The molecule has 3 atom stereocenters. The Morgan fingerprint density at radius 1 is 1.42 bits per heavy atom. The maximum atomic E-state index is 12.5. The van der Waals surface area contributed by atoms with E-state index in [0.717, 1.165) is 0 Å². The van der Waals surface area contributed by atoms with Gasteiger partial charge in [0.2, 0.25) is 0 Å². The van der Waals surface area contributed by atoms with Crippen molar-refractivity contribution in [3.8, 4) is 0 Å². The molecule has 0 fully saturated rings. The fraction of sp³-hybridized carbons (Fsp3) is 0.667. The molecule has 1 rings (SSSR count). The molecule has 0 spiro atoms. The van der Waals surface area contributed by atoms with Crippen molar-refractivity contribution in [2.45, 2.75) is 18.3 Å². The normalized spacial score (nSPS) is 36.5. The van der Waals surface area contributed by atoms with Gasteiger partial charge in [0.25, 0.3) is 0 Å². The summed E-state index contributed by atoms with van der Waals surface area (Å²) in [5, 5.41) is 35.2. The van der Waals surface area contributed by atoms with E-state index in [-0.39, 0.29) is 0 Å². The number of halogens is 1. The first-order chi connectivity index (χ1) is 5.57. The molecule has 6 heteroatoms. The van der Waals surface area contributed by atoms with Crippen LogP contribution >= 0.6 is 0 Å². The third-order valence-electron chi connectivity index (χ3n) is 1.62. The monoisotopic (exact) mass is 180 g/mol.